The van der Waals surface area contributed by atoms with Crippen molar-refractivity contribution in [2.75, 3.05) is 6.61 Å². The smallest absolute Gasteiger partial charge is 0.331 e. The first-order chi connectivity index (χ1) is 14.4. The van der Waals surface area contributed by atoms with Gasteiger partial charge < -0.3 is 4.74 Å². The minimum Gasteiger partial charge on any atom is -0.464 e. The third-order valence-electron chi connectivity index (χ3n) is 5.06. The van der Waals surface area contributed by atoms with Gasteiger partial charge in [-0.15, -0.1) is 11.3 Å². The van der Waals surface area contributed by atoms with Gasteiger partial charge in [0.25, 0.3) is 5.56 Å². The summed E-state index contributed by atoms with van der Waals surface area (Å²) < 4.78 is 6.77. The molecule has 2 aromatic carbocycles. The maximum absolute atomic E-state index is 13.9. The van der Waals surface area contributed by atoms with Gasteiger partial charge in [-0.1, -0.05) is 60.7 Å². The molecule has 0 aliphatic heterocycles. The number of benzene rings is 2. The van der Waals surface area contributed by atoms with Crippen LogP contribution >= 0.6 is 11.3 Å². The molecule has 0 saturated heterocycles. The largest absolute Gasteiger partial charge is 0.464 e. The van der Waals surface area contributed by atoms with Crippen LogP contribution in [-0.4, -0.2) is 22.1 Å². The minimum absolute atomic E-state index is 0.237. The zero-order valence-corrected chi connectivity index (χ0v) is 17.9. The molecule has 0 radical (unpaired) electrons. The Morgan fingerprint density at radius 1 is 1.03 bits per heavy atom. The van der Waals surface area contributed by atoms with E-state index in [1.165, 1.54) is 15.9 Å². The Kier molecular flexibility index (Phi) is 5.26. The predicted molar refractivity (Wildman–Crippen MR) is 121 cm³/mol. The molecule has 4 rings (SSSR count). The van der Waals surface area contributed by atoms with Crippen molar-refractivity contribution in [3.8, 4) is 22.5 Å². The Balaban J connectivity index is 2.07. The number of fused-ring (bicyclic) bond motifs is 1. The Bertz CT molecular complexity index is 1260. The Morgan fingerprint density at radius 3 is 2.23 bits per heavy atom. The summed E-state index contributed by atoms with van der Waals surface area (Å²) in [6.45, 7) is 5.38. The van der Waals surface area contributed by atoms with Crippen LogP contribution in [0, 0.1) is 0 Å². The molecule has 0 aliphatic carbocycles. The lowest BCUT2D eigenvalue weighted by molar-refractivity contribution is -0.152. The second-order valence-corrected chi connectivity index (χ2v) is 8.28. The molecular formula is C24H22N2O3S. The lowest BCUT2D eigenvalue weighted by Gasteiger charge is -2.27. The summed E-state index contributed by atoms with van der Waals surface area (Å²) in [7, 11) is 0. The molecule has 0 aliphatic rings. The van der Waals surface area contributed by atoms with Crippen molar-refractivity contribution in [1.29, 1.82) is 0 Å². The number of carbonyl (C=O) groups is 1. The highest BCUT2D eigenvalue weighted by Gasteiger charge is 2.36. The Labute approximate surface area is 178 Å². The first kappa shape index (κ1) is 20.0. The fraction of sp³-hybridized carbons (Fsp3) is 0.208. The van der Waals surface area contributed by atoms with E-state index in [1.54, 1.807) is 20.8 Å². The van der Waals surface area contributed by atoms with Crippen molar-refractivity contribution < 1.29 is 9.53 Å². The van der Waals surface area contributed by atoms with Crippen molar-refractivity contribution in [2.24, 2.45) is 0 Å². The Hall–Kier alpha value is -3.25. The first-order valence-electron chi connectivity index (χ1n) is 9.78. The summed E-state index contributed by atoms with van der Waals surface area (Å²) in [5.41, 5.74) is 1.05. The third-order valence-corrected chi connectivity index (χ3v) is 5.93. The molecule has 2 aromatic heterocycles. The van der Waals surface area contributed by atoms with Gasteiger partial charge in [-0.2, -0.15) is 0 Å². The van der Waals surface area contributed by atoms with Crippen LogP contribution in [-0.2, 0) is 15.1 Å². The van der Waals surface area contributed by atoms with Crippen LogP contribution in [0.2, 0.25) is 0 Å². The highest BCUT2D eigenvalue weighted by molar-refractivity contribution is 7.17. The van der Waals surface area contributed by atoms with Gasteiger partial charge in [0.2, 0.25) is 0 Å². The standard InChI is InChI=1S/C24H22N2O3S/c1-4-29-23(28)24(2,3)26-20(17-13-9-6-10-14-17)25-21-19(22(26)27)18(15-30-21)16-11-7-5-8-12-16/h5-15H,4H2,1-3H3. The van der Waals surface area contributed by atoms with E-state index in [2.05, 4.69) is 0 Å². The molecule has 5 nitrogen and oxygen atoms in total. The number of ether oxygens (including phenoxy) is 1. The van der Waals surface area contributed by atoms with Gasteiger partial charge in [-0.25, -0.2) is 9.78 Å². The van der Waals surface area contributed by atoms with Gasteiger partial charge >= 0.3 is 5.97 Å². The van der Waals surface area contributed by atoms with E-state index in [0.29, 0.717) is 16.0 Å². The Morgan fingerprint density at radius 2 is 1.63 bits per heavy atom. The van der Waals surface area contributed by atoms with Crippen LogP contribution in [0.5, 0.6) is 0 Å². The third kappa shape index (κ3) is 3.33. The van der Waals surface area contributed by atoms with Crippen molar-refractivity contribution in [3.63, 3.8) is 0 Å². The van der Waals surface area contributed by atoms with Crippen LogP contribution in [0.3, 0.4) is 0 Å². The monoisotopic (exact) mass is 418 g/mol. The number of hydrogen-bond acceptors (Lipinski definition) is 5. The van der Waals surface area contributed by atoms with E-state index in [1.807, 2.05) is 66.0 Å². The van der Waals surface area contributed by atoms with E-state index >= 15 is 0 Å². The average Bonchev–Trinajstić information content (AvgIpc) is 3.19. The summed E-state index contributed by atoms with van der Waals surface area (Å²) >= 11 is 1.43. The van der Waals surface area contributed by atoms with Gasteiger partial charge in [-0.05, 0) is 26.3 Å². The number of thiophene rings is 1. The molecule has 0 saturated carbocycles. The van der Waals surface area contributed by atoms with Gasteiger partial charge in [0, 0.05) is 16.5 Å². The number of carbonyl (C=O) groups excluding carboxylic acids is 1. The molecule has 152 valence electrons. The highest BCUT2D eigenvalue weighted by atomic mass is 32.1. The second-order valence-electron chi connectivity index (χ2n) is 7.42. The molecule has 0 N–H and O–H groups in total. The molecule has 0 unspecified atom stereocenters. The predicted octanol–water partition coefficient (Wildman–Crippen LogP) is 5.09. The summed E-state index contributed by atoms with van der Waals surface area (Å²) in [5.74, 6) is -0.0189. The normalized spacial score (nSPS) is 11.6. The quantitative estimate of drug-likeness (QED) is 0.424. The fourth-order valence-corrected chi connectivity index (χ4v) is 4.46. The average molecular weight is 419 g/mol. The lowest BCUT2D eigenvalue weighted by atomic mass is 10.0. The molecule has 6 heteroatoms. The van der Waals surface area contributed by atoms with E-state index in [9.17, 15) is 9.59 Å². The zero-order valence-electron chi connectivity index (χ0n) is 17.1. The molecule has 0 amide bonds. The van der Waals surface area contributed by atoms with Crippen molar-refractivity contribution >= 4 is 27.5 Å². The van der Waals surface area contributed by atoms with Crippen molar-refractivity contribution in [1.82, 2.24) is 9.55 Å². The fourth-order valence-electron chi connectivity index (χ4n) is 3.52. The van der Waals surface area contributed by atoms with E-state index in [4.69, 9.17) is 9.72 Å². The van der Waals surface area contributed by atoms with Crippen LogP contribution in [0.15, 0.2) is 70.8 Å². The number of esters is 1. The topological polar surface area (TPSA) is 61.2 Å². The number of aromatic nitrogens is 2. The molecular weight excluding hydrogens is 396 g/mol. The van der Waals surface area contributed by atoms with Crippen LogP contribution in [0.1, 0.15) is 20.8 Å². The van der Waals surface area contributed by atoms with Crippen LogP contribution in [0.25, 0.3) is 32.7 Å². The number of hydrogen-bond donors (Lipinski definition) is 0. The SMILES string of the molecule is CCOC(=O)C(C)(C)n1c(-c2ccccc2)nc2scc(-c3ccccc3)c2c1=O. The highest BCUT2D eigenvalue weighted by Crippen LogP contribution is 2.34. The molecule has 0 atom stereocenters. The van der Waals surface area contributed by atoms with Gasteiger partial charge in [0.05, 0.1) is 12.0 Å². The van der Waals surface area contributed by atoms with E-state index in [0.717, 1.165) is 16.7 Å². The minimum atomic E-state index is -1.23. The van der Waals surface area contributed by atoms with E-state index in [-0.39, 0.29) is 12.2 Å². The molecule has 4 aromatic rings. The number of nitrogens with zero attached hydrogens (tertiary/aromatic N) is 2. The van der Waals surface area contributed by atoms with Gasteiger partial charge in [0.15, 0.2) is 0 Å². The van der Waals surface area contributed by atoms with E-state index < -0.39 is 11.5 Å². The van der Waals surface area contributed by atoms with Crippen LogP contribution < -0.4 is 5.56 Å². The van der Waals surface area contributed by atoms with Crippen molar-refractivity contribution in [3.05, 3.63) is 76.4 Å². The summed E-state index contributed by atoms with van der Waals surface area (Å²) in [5, 5.41) is 2.47. The first-order valence-corrected chi connectivity index (χ1v) is 10.7. The molecule has 2 heterocycles. The number of rotatable bonds is 5. The van der Waals surface area contributed by atoms with Gasteiger partial charge in [0.1, 0.15) is 16.2 Å². The lowest BCUT2D eigenvalue weighted by Crippen LogP contribution is -2.45. The maximum Gasteiger partial charge on any atom is 0.331 e. The van der Waals surface area contributed by atoms with Crippen LogP contribution in [0.4, 0.5) is 0 Å². The summed E-state index contributed by atoms with van der Waals surface area (Å²) in [4.78, 5) is 32.2. The summed E-state index contributed by atoms with van der Waals surface area (Å²) in [6, 6.07) is 19.2. The second kappa shape index (κ2) is 7.88. The zero-order chi connectivity index (χ0) is 21.3. The summed E-state index contributed by atoms with van der Waals surface area (Å²) in [6.07, 6.45) is 0. The molecule has 0 bridgehead atoms. The maximum atomic E-state index is 13.9. The van der Waals surface area contributed by atoms with Gasteiger partial charge in [-0.3, -0.25) is 9.36 Å². The van der Waals surface area contributed by atoms with Crippen molar-refractivity contribution in [2.45, 2.75) is 26.3 Å². The molecule has 0 spiro atoms. The molecule has 0 fully saturated rings. The molecule has 30 heavy (non-hydrogen) atoms.